The second-order valence-corrected chi connectivity index (χ2v) is 5.05. The summed E-state index contributed by atoms with van der Waals surface area (Å²) in [6.45, 7) is 6.99. The fraction of sp³-hybridized carbons (Fsp3) is 0.385. The first kappa shape index (κ1) is 13.3. The van der Waals surface area contributed by atoms with Crippen LogP contribution >= 0.6 is 22.6 Å². The Bertz CT molecular complexity index is 551. The molecule has 0 aliphatic carbocycles. The van der Waals surface area contributed by atoms with Crippen LogP contribution < -0.4 is 5.32 Å². The maximum atomic E-state index is 5.47. The highest BCUT2D eigenvalue weighted by atomic mass is 127. The fourth-order valence-corrected chi connectivity index (χ4v) is 2.53. The molecule has 1 N–H and O–H groups in total. The molecule has 0 saturated carbocycles. The smallest absolute Gasteiger partial charge is 0.198 e. The highest BCUT2D eigenvalue weighted by molar-refractivity contribution is 14.1. The van der Waals surface area contributed by atoms with Crippen molar-refractivity contribution in [2.75, 3.05) is 11.9 Å². The van der Waals surface area contributed by atoms with Gasteiger partial charge in [-0.2, -0.15) is 0 Å². The van der Waals surface area contributed by atoms with Gasteiger partial charge in [0.15, 0.2) is 11.6 Å². The van der Waals surface area contributed by atoms with Crippen LogP contribution in [0.2, 0.25) is 0 Å². The molecule has 0 amide bonds. The Morgan fingerprint density at radius 3 is 2.67 bits per heavy atom. The fourth-order valence-electron chi connectivity index (χ4n) is 1.72. The third-order valence-corrected chi connectivity index (χ3v) is 3.80. The summed E-state index contributed by atoms with van der Waals surface area (Å²) in [6, 6.07) is 1.93. The molecular formula is C13H16IN3O. The molecule has 0 aromatic carbocycles. The molecule has 0 fully saturated rings. The van der Waals surface area contributed by atoms with Gasteiger partial charge in [0.25, 0.3) is 0 Å². The summed E-state index contributed by atoms with van der Waals surface area (Å²) >= 11 is 2.29. The number of aryl methyl sites for hydroxylation is 2. The third kappa shape index (κ3) is 2.50. The number of furan rings is 1. The molecule has 0 aliphatic heterocycles. The average molecular weight is 357 g/mol. The van der Waals surface area contributed by atoms with E-state index in [-0.39, 0.29) is 0 Å². The van der Waals surface area contributed by atoms with Gasteiger partial charge in [-0.1, -0.05) is 6.92 Å². The molecule has 0 spiro atoms. The minimum atomic E-state index is 0.658. The largest absolute Gasteiger partial charge is 0.461 e. The SMILES string of the molecule is CCNc1nc(-c2occc2C)nc(CC)c1I. The van der Waals surface area contributed by atoms with Crippen LogP contribution in [0.15, 0.2) is 16.7 Å². The lowest BCUT2D eigenvalue weighted by Gasteiger charge is -2.10. The number of nitrogens with zero attached hydrogens (tertiary/aromatic N) is 2. The van der Waals surface area contributed by atoms with Crippen LogP contribution in [-0.4, -0.2) is 16.5 Å². The zero-order chi connectivity index (χ0) is 13.1. The first-order chi connectivity index (χ1) is 8.67. The summed E-state index contributed by atoms with van der Waals surface area (Å²) in [5.74, 6) is 2.29. The van der Waals surface area contributed by atoms with Crippen molar-refractivity contribution in [1.29, 1.82) is 0 Å². The molecule has 0 unspecified atom stereocenters. The Kier molecular flexibility index (Phi) is 4.21. The van der Waals surface area contributed by atoms with Gasteiger partial charge < -0.3 is 9.73 Å². The number of anilines is 1. The molecule has 4 nitrogen and oxygen atoms in total. The average Bonchev–Trinajstić information content (AvgIpc) is 2.78. The Balaban J connectivity index is 2.55. The quantitative estimate of drug-likeness (QED) is 0.849. The summed E-state index contributed by atoms with van der Waals surface area (Å²) in [7, 11) is 0. The Morgan fingerprint density at radius 2 is 2.11 bits per heavy atom. The normalized spacial score (nSPS) is 10.7. The van der Waals surface area contributed by atoms with Crippen molar-refractivity contribution in [1.82, 2.24) is 9.97 Å². The number of halogens is 1. The number of hydrogen-bond donors (Lipinski definition) is 1. The second-order valence-electron chi connectivity index (χ2n) is 3.97. The van der Waals surface area contributed by atoms with Crippen molar-refractivity contribution in [3.63, 3.8) is 0 Å². The first-order valence-electron chi connectivity index (χ1n) is 6.02. The van der Waals surface area contributed by atoms with E-state index in [2.05, 4.69) is 51.7 Å². The van der Waals surface area contributed by atoms with Crippen LogP contribution in [0.25, 0.3) is 11.6 Å². The molecule has 5 heteroatoms. The molecule has 0 bridgehead atoms. The molecule has 2 aromatic rings. The minimum Gasteiger partial charge on any atom is -0.461 e. The standard InChI is InChI=1S/C13H16IN3O/c1-4-9-10(14)12(15-5-2)17-13(16-9)11-8(3)6-7-18-11/h6-7H,4-5H2,1-3H3,(H,15,16,17). The molecule has 96 valence electrons. The van der Waals surface area contributed by atoms with Crippen molar-refractivity contribution in [2.24, 2.45) is 0 Å². The molecule has 2 aromatic heterocycles. The molecule has 2 heterocycles. The van der Waals surface area contributed by atoms with Crippen LogP contribution in [0.5, 0.6) is 0 Å². The highest BCUT2D eigenvalue weighted by Crippen LogP contribution is 2.26. The second kappa shape index (κ2) is 5.69. The predicted molar refractivity (Wildman–Crippen MR) is 80.7 cm³/mol. The number of rotatable bonds is 4. The van der Waals surface area contributed by atoms with Gasteiger partial charge >= 0.3 is 0 Å². The lowest BCUT2D eigenvalue weighted by atomic mass is 10.2. The van der Waals surface area contributed by atoms with E-state index in [1.165, 1.54) is 0 Å². The van der Waals surface area contributed by atoms with Gasteiger partial charge in [-0.15, -0.1) is 0 Å². The lowest BCUT2D eigenvalue weighted by molar-refractivity contribution is 0.575. The number of nitrogens with one attached hydrogen (secondary N) is 1. The van der Waals surface area contributed by atoms with E-state index in [1.54, 1.807) is 6.26 Å². The van der Waals surface area contributed by atoms with Gasteiger partial charge in [-0.05, 0) is 54.5 Å². The van der Waals surface area contributed by atoms with Crippen molar-refractivity contribution in [2.45, 2.75) is 27.2 Å². The van der Waals surface area contributed by atoms with Crippen LogP contribution in [0.1, 0.15) is 25.1 Å². The molecule has 2 rings (SSSR count). The van der Waals surface area contributed by atoms with E-state index >= 15 is 0 Å². The van der Waals surface area contributed by atoms with Crippen molar-refractivity contribution in [3.05, 3.63) is 27.2 Å². The van der Waals surface area contributed by atoms with Crippen molar-refractivity contribution >= 4 is 28.4 Å². The van der Waals surface area contributed by atoms with Crippen molar-refractivity contribution in [3.8, 4) is 11.6 Å². The highest BCUT2D eigenvalue weighted by Gasteiger charge is 2.15. The summed E-state index contributed by atoms with van der Waals surface area (Å²) in [5, 5.41) is 3.27. The van der Waals surface area contributed by atoms with Crippen LogP contribution in [0.4, 0.5) is 5.82 Å². The van der Waals surface area contributed by atoms with Crippen LogP contribution in [0.3, 0.4) is 0 Å². The van der Waals surface area contributed by atoms with Crippen LogP contribution in [0, 0.1) is 10.5 Å². The summed E-state index contributed by atoms with van der Waals surface area (Å²) in [5.41, 5.74) is 2.10. The molecule has 0 radical (unpaired) electrons. The Morgan fingerprint density at radius 1 is 1.33 bits per heavy atom. The molecule has 0 saturated heterocycles. The van der Waals surface area contributed by atoms with E-state index < -0.39 is 0 Å². The zero-order valence-corrected chi connectivity index (χ0v) is 12.9. The lowest BCUT2D eigenvalue weighted by Crippen LogP contribution is -2.07. The Labute approximate surface area is 120 Å². The first-order valence-corrected chi connectivity index (χ1v) is 7.10. The van der Waals surface area contributed by atoms with E-state index in [0.29, 0.717) is 5.82 Å². The maximum absolute atomic E-state index is 5.47. The molecular weight excluding hydrogens is 341 g/mol. The number of hydrogen-bond acceptors (Lipinski definition) is 4. The Hall–Kier alpha value is -1.11. The van der Waals surface area contributed by atoms with E-state index in [4.69, 9.17) is 4.42 Å². The van der Waals surface area contributed by atoms with E-state index in [9.17, 15) is 0 Å². The molecule has 0 atom stereocenters. The summed E-state index contributed by atoms with van der Waals surface area (Å²) < 4.78 is 6.56. The predicted octanol–water partition coefficient (Wildman–Crippen LogP) is 3.64. The van der Waals surface area contributed by atoms with E-state index in [0.717, 1.165) is 39.4 Å². The summed E-state index contributed by atoms with van der Waals surface area (Å²) in [4.78, 5) is 9.14. The summed E-state index contributed by atoms with van der Waals surface area (Å²) in [6.07, 6.45) is 2.55. The van der Waals surface area contributed by atoms with Crippen LogP contribution in [-0.2, 0) is 6.42 Å². The van der Waals surface area contributed by atoms with Gasteiger partial charge in [0.05, 0.1) is 15.5 Å². The minimum absolute atomic E-state index is 0.658. The number of aromatic nitrogens is 2. The zero-order valence-electron chi connectivity index (χ0n) is 10.7. The monoisotopic (exact) mass is 357 g/mol. The molecule has 18 heavy (non-hydrogen) atoms. The molecule has 0 aliphatic rings. The topological polar surface area (TPSA) is 51.0 Å². The van der Waals surface area contributed by atoms with Gasteiger partial charge in [0, 0.05) is 6.54 Å². The van der Waals surface area contributed by atoms with E-state index in [1.807, 2.05) is 13.0 Å². The van der Waals surface area contributed by atoms with Gasteiger partial charge in [0.2, 0.25) is 0 Å². The third-order valence-electron chi connectivity index (χ3n) is 2.66. The van der Waals surface area contributed by atoms with Gasteiger partial charge in [-0.3, -0.25) is 0 Å². The maximum Gasteiger partial charge on any atom is 0.198 e. The van der Waals surface area contributed by atoms with Gasteiger partial charge in [-0.25, -0.2) is 9.97 Å². The van der Waals surface area contributed by atoms with Crippen molar-refractivity contribution < 1.29 is 4.42 Å². The van der Waals surface area contributed by atoms with Gasteiger partial charge in [0.1, 0.15) is 5.82 Å².